The normalized spacial score (nSPS) is 11.4. The summed E-state index contributed by atoms with van der Waals surface area (Å²) in [5.74, 6) is 0.527. The number of aryl methyl sites for hydroxylation is 1. The number of hydrogen-bond donors (Lipinski definition) is 2. The summed E-state index contributed by atoms with van der Waals surface area (Å²) in [5, 5.41) is 12.5. The molecular weight excluding hydrogens is 387 g/mol. The van der Waals surface area contributed by atoms with Gasteiger partial charge in [0, 0.05) is 39.6 Å². The molecule has 0 fully saturated rings. The minimum absolute atomic E-state index is 0.0476. The Morgan fingerprint density at radius 2 is 2.11 bits per heavy atom. The molecule has 6 nitrogen and oxygen atoms in total. The summed E-state index contributed by atoms with van der Waals surface area (Å²) in [6.45, 7) is 2.42. The van der Waals surface area contributed by atoms with E-state index in [0.29, 0.717) is 26.8 Å². The van der Waals surface area contributed by atoms with Gasteiger partial charge in [-0.3, -0.25) is 4.98 Å². The van der Waals surface area contributed by atoms with Crippen LogP contribution in [0.3, 0.4) is 0 Å². The van der Waals surface area contributed by atoms with Crippen LogP contribution in [0, 0.1) is 6.92 Å². The van der Waals surface area contributed by atoms with Gasteiger partial charge in [-0.05, 0) is 24.6 Å². The number of fused-ring (bicyclic) bond motifs is 1. The second kappa shape index (κ2) is 6.88. The fourth-order valence-electron chi connectivity index (χ4n) is 3.27. The molecule has 0 atom stereocenters. The number of benzene rings is 1. The van der Waals surface area contributed by atoms with Gasteiger partial charge < -0.3 is 19.8 Å². The van der Waals surface area contributed by atoms with E-state index in [1.165, 1.54) is 6.26 Å². The zero-order valence-corrected chi connectivity index (χ0v) is 15.9. The molecule has 1 aromatic carbocycles. The Kier molecular flexibility index (Phi) is 4.55. The molecule has 0 bridgehead atoms. The number of halogens is 2. The number of pyridine rings is 1. The molecule has 0 spiro atoms. The molecule has 0 saturated heterocycles. The van der Waals surface area contributed by atoms with Gasteiger partial charge in [0.2, 0.25) is 11.8 Å². The third-order valence-electron chi connectivity index (χ3n) is 4.50. The van der Waals surface area contributed by atoms with E-state index < -0.39 is 0 Å². The van der Waals surface area contributed by atoms with E-state index in [1.807, 2.05) is 13.0 Å². The first-order chi connectivity index (χ1) is 13.0. The van der Waals surface area contributed by atoms with E-state index in [0.717, 1.165) is 22.4 Å². The van der Waals surface area contributed by atoms with Crippen molar-refractivity contribution < 1.29 is 9.52 Å². The number of hydrogen-bond acceptors (Lipinski definition) is 5. The van der Waals surface area contributed by atoms with Gasteiger partial charge in [-0.1, -0.05) is 29.3 Å². The Balaban J connectivity index is 2.01. The van der Waals surface area contributed by atoms with Crippen LogP contribution in [0.15, 0.2) is 41.3 Å². The molecule has 0 radical (unpaired) electrons. The van der Waals surface area contributed by atoms with E-state index in [9.17, 15) is 5.11 Å². The van der Waals surface area contributed by atoms with Crippen LogP contribution in [-0.4, -0.2) is 19.6 Å². The quantitative estimate of drug-likeness (QED) is 0.523. The average molecular weight is 403 g/mol. The lowest BCUT2D eigenvalue weighted by Crippen LogP contribution is -2.04. The molecule has 0 aliphatic carbocycles. The van der Waals surface area contributed by atoms with E-state index in [1.54, 1.807) is 29.1 Å². The zero-order chi connectivity index (χ0) is 19.1. The van der Waals surface area contributed by atoms with Crippen LogP contribution < -0.4 is 5.73 Å². The molecule has 0 aliphatic heterocycles. The van der Waals surface area contributed by atoms with E-state index in [4.69, 9.17) is 33.4 Å². The van der Waals surface area contributed by atoms with Crippen molar-refractivity contribution in [2.24, 2.45) is 5.73 Å². The molecule has 3 heterocycles. The van der Waals surface area contributed by atoms with Gasteiger partial charge in [0.15, 0.2) is 0 Å². The Morgan fingerprint density at radius 3 is 2.78 bits per heavy atom. The minimum atomic E-state index is 0.0476. The first-order valence-corrected chi connectivity index (χ1v) is 9.00. The molecule has 0 unspecified atom stereocenters. The number of aromatic hydroxyl groups is 1. The lowest BCUT2D eigenvalue weighted by Gasteiger charge is -2.14. The van der Waals surface area contributed by atoms with Crippen LogP contribution in [0.25, 0.3) is 22.0 Å². The maximum absolute atomic E-state index is 10.9. The molecule has 0 amide bonds. The van der Waals surface area contributed by atoms with Crippen molar-refractivity contribution in [2.45, 2.75) is 20.0 Å². The Labute approximate surface area is 165 Å². The van der Waals surface area contributed by atoms with Crippen molar-refractivity contribution in [3.8, 4) is 17.0 Å². The van der Waals surface area contributed by atoms with Gasteiger partial charge in [0.1, 0.15) is 12.8 Å². The second-order valence-corrected chi connectivity index (χ2v) is 6.99. The SMILES string of the molecule is Cc1nc2cn(Cc3ncco3)c(O)c2c(-c2ccc(Cl)cc2Cl)c1CN. The van der Waals surface area contributed by atoms with E-state index >= 15 is 0 Å². The van der Waals surface area contributed by atoms with Crippen molar-refractivity contribution >= 4 is 34.1 Å². The van der Waals surface area contributed by atoms with Crippen molar-refractivity contribution in [1.29, 1.82) is 0 Å². The van der Waals surface area contributed by atoms with Gasteiger partial charge in [-0.15, -0.1) is 0 Å². The summed E-state index contributed by atoms with van der Waals surface area (Å²) in [4.78, 5) is 8.71. The average Bonchev–Trinajstić information content (AvgIpc) is 3.23. The maximum Gasteiger partial charge on any atom is 0.213 e. The summed E-state index contributed by atoms with van der Waals surface area (Å²) in [6.07, 6.45) is 4.81. The Morgan fingerprint density at radius 1 is 1.30 bits per heavy atom. The van der Waals surface area contributed by atoms with Crippen molar-refractivity contribution in [2.75, 3.05) is 0 Å². The summed E-state index contributed by atoms with van der Waals surface area (Å²) in [7, 11) is 0. The lowest BCUT2D eigenvalue weighted by atomic mass is 9.95. The molecular formula is C19H16Cl2N4O2. The number of rotatable bonds is 4. The molecule has 8 heteroatoms. The first-order valence-electron chi connectivity index (χ1n) is 8.24. The Bertz CT molecular complexity index is 1140. The summed E-state index contributed by atoms with van der Waals surface area (Å²) >= 11 is 12.5. The van der Waals surface area contributed by atoms with Gasteiger partial charge >= 0.3 is 0 Å². The van der Waals surface area contributed by atoms with Gasteiger partial charge in [-0.25, -0.2) is 4.98 Å². The second-order valence-electron chi connectivity index (χ2n) is 6.15. The van der Waals surface area contributed by atoms with E-state index in [-0.39, 0.29) is 19.0 Å². The topological polar surface area (TPSA) is 90.1 Å². The van der Waals surface area contributed by atoms with Crippen LogP contribution >= 0.6 is 23.2 Å². The molecule has 0 saturated carbocycles. The summed E-state index contributed by atoms with van der Waals surface area (Å²) < 4.78 is 6.92. The highest BCUT2D eigenvalue weighted by Gasteiger charge is 2.22. The standard InChI is InChI=1S/C19H16Cl2N4O2/c1-10-13(7-22)17(12-3-2-11(20)6-14(12)21)18-15(24-10)8-25(19(18)26)9-16-23-4-5-27-16/h2-6,8,26H,7,9,22H2,1H3. The summed E-state index contributed by atoms with van der Waals surface area (Å²) in [6, 6.07) is 5.25. The van der Waals surface area contributed by atoms with Crippen LogP contribution in [0.2, 0.25) is 10.0 Å². The largest absolute Gasteiger partial charge is 0.494 e. The van der Waals surface area contributed by atoms with Crippen molar-refractivity contribution in [3.63, 3.8) is 0 Å². The predicted molar refractivity (Wildman–Crippen MR) is 105 cm³/mol. The van der Waals surface area contributed by atoms with Gasteiger partial charge in [-0.2, -0.15) is 0 Å². The van der Waals surface area contributed by atoms with Crippen LogP contribution in [-0.2, 0) is 13.1 Å². The van der Waals surface area contributed by atoms with Gasteiger partial charge in [0.25, 0.3) is 0 Å². The number of nitrogens with two attached hydrogens (primary N) is 1. The van der Waals surface area contributed by atoms with Crippen LogP contribution in [0.4, 0.5) is 0 Å². The van der Waals surface area contributed by atoms with Gasteiger partial charge in [0.05, 0.1) is 17.1 Å². The van der Waals surface area contributed by atoms with Crippen molar-refractivity contribution in [1.82, 2.24) is 14.5 Å². The highest BCUT2D eigenvalue weighted by Crippen LogP contribution is 2.42. The van der Waals surface area contributed by atoms with Crippen molar-refractivity contribution in [3.05, 3.63) is 64.0 Å². The molecule has 138 valence electrons. The number of oxazole rings is 1. The molecule has 3 aromatic heterocycles. The zero-order valence-electron chi connectivity index (χ0n) is 14.4. The molecule has 27 heavy (non-hydrogen) atoms. The summed E-state index contributed by atoms with van der Waals surface area (Å²) in [5.41, 5.74) is 9.72. The van der Waals surface area contributed by atoms with Crippen LogP contribution in [0.1, 0.15) is 17.1 Å². The fourth-order valence-corrected chi connectivity index (χ4v) is 3.78. The fraction of sp³-hybridized carbons (Fsp3) is 0.158. The molecule has 3 N–H and O–H groups in total. The predicted octanol–water partition coefficient (Wildman–Crippen LogP) is 4.52. The maximum atomic E-state index is 10.9. The highest BCUT2D eigenvalue weighted by molar-refractivity contribution is 6.36. The van der Waals surface area contributed by atoms with Crippen LogP contribution in [0.5, 0.6) is 5.88 Å². The number of nitrogens with zero attached hydrogens (tertiary/aromatic N) is 3. The molecule has 4 aromatic rings. The highest BCUT2D eigenvalue weighted by atomic mass is 35.5. The smallest absolute Gasteiger partial charge is 0.213 e. The minimum Gasteiger partial charge on any atom is -0.494 e. The Hall–Kier alpha value is -2.54. The monoisotopic (exact) mass is 402 g/mol. The van der Waals surface area contributed by atoms with E-state index in [2.05, 4.69) is 9.97 Å². The molecule has 0 aliphatic rings. The lowest BCUT2D eigenvalue weighted by molar-refractivity contribution is 0.409. The molecule has 4 rings (SSSR count). The third-order valence-corrected chi connectivity index (χ3v) is 5.05. The number of aromatic nitrogens is 3. The first kappa shape index (κ1) is 17.9. The third kappa shape index (κ3) is 3.06.